The fourth-order valence-electron chi connectivity index (χ4n) is 2.84. The quantitative estimate of drug-likeness (QED) is 0.284. The maximum Gasteiger partial charge on any atom is 0.316 e. The molecule has 1 N–H and O–H groups in total. The van der Waals surface area contributed by atoms with Crippen LogP contribution in [0.15, 0.2) is 35.6 Å². The molecule has 0 atom stereocenters. The first-order valence-corrected chi connectivity index (χ1v) is 11.1. The van der Waals surface area contributed by atoms with Crippen LogP contribution >= 0.6 is 11.8 Å². The van der Waals surface area contributed by atoms with Crippen LogP contribution in [-0.4, -0.2) is 58.5 Å². The minimum atomic E-state index is -0.313. The lowest BCUT2D eigenvalue weighted by atomic mass is 10.3. The van der Waals surface area contributed by atoms with Gasteiger partial charge in [0.05, 0.1) is 24.9 Å². The predicted molar refractivity (Wildman–Crippen MR) is 122 cm³/mol. The molecular weight excluding hydrogens is 416 g/mol. The molecule has 3 rings (SSSR count). The number of nitrogens with one attached hydrogen (secondary N) is 1. The smallest absolute Gasteiger partial charge is 0.316 e. The number of nitrogens with zero attached hydrogens (tertiary/aromatic N) is 5. The van der Waals surface area contributed by atoms with Gasteiger partial charge in [0.25, 0.3) is 0 Å². The van der Waals surface area contributed by atoms with E-state index in [1.165, 1.54) is 11.8 Å². The van der Waals surface area contributed by atoms with Gasteiger partial charge in [0.2, 0.25) is 5.95 Å². The molecule has 0 unspecified atom stereocenters. The third-order valence-corrected chi connectivity index (χ3v) is 5.26. The Balaban J connectivity index is 1.98. The van der Waals surface area contributed by atoms with Crippen molar-refractivity contribution in [2.24, 2.45) is 0 Å². The van der Waals surface area contributed by atoms with Gasteiger partial charge in [0, 0.05) is 25.0 Å². The summed E-state index contributed by atoms with van der Waals surface area (Å²) in [5, 5.41) is 4.42. The van der Waals surface area contributed by atoms with E-state index in [1.54, 1.807) is 20.2 Å². The van der Waals surface area contributed by atoms with Gasteiger partial charge in [0.1, 0.15) is 11.6 Å². The Kier molecular flexibility index (Phi) is 7.82. The van der Waals surface area contributed by atoms with Crippen molar-refractivity contribution in [1.29, 1.82) is 0 Å². The highest BCUT2D eigenvalue weighted by Gasteiger charge is 2.15. The number of anilines is 3. The molecule has 3 aromatic rings. The van der Waals surface area contributed by atoms with E-state index in [4.69, 9.17) is 9.47 Å². The van der Waals surface area contributed by atoms with Gasteiger partial charge in [-0.3, -0.25) is 4.79 Å². The minimum Gasteiger partial charge on any atom is -0.497 e. The Morgan fingerprint density at radius 1 is 1.10 bits per heavy atom. The summed E-state index contributed by atoms with van der Waals surface area (Å²) < 4.78 is 10.2. The third kappa shape index (κ3) is 5.72. The van der Waals surface area contributed by atoms with E-state index in [0.717, 1.165) is 24.5 Å². The van der Waals surface area contributed by atoms with Gasteiger partial charge in [-0.1, -0.05) is 11.8 Å². The van der Waals surface area contributed by atoms with Crippen molar-refractivity contribution in [2.45, 2.75) is 25.9 Å². The highest BCUT2D eigenvalue weighted by Crippen LogP contribution is 2.27. The standard InChI is InChI=1S/C21H26N6O3S/c1-5-27(6-2)20-22-12-16-18(23-14-8-10-15(29-4)11-9-14)25-21(26-19(16)24-20)31-13-17(28)30-7-3/h8-12H,5-7,13H2,1-4H3,(H,22,23,24,25,26). The second-order valence-corrected chi connectivity index (χ2v) is 7.32. The molecule has 0 saturated carbocycles. The zero-order valence-electron chi connectivity index (χ0n) is 18.1. The number of thioether (sulfide) groups is 1. The van der Waals surface area contributed by atoms with Crippen molar-refractivity contribution in [3.63, 3.8) is 0 Å². The average molecular weight is 443 g/mol. The number of hydrogen-bond acceptors (Lipinski definition) is 10. The highest BCUT2D eigenvalue weighted by atomic mass is 32.2. The molecule has 0 spiro atoms. The zero-order valence-corrected chi connectivity index (χ0v) is 18.9. The Morgan fingerprint density at radius 3 is 2.48 bits per heavy atom. The first kappa shape index (κ1) is 22.5. The minimum absolute atomic E-state index is 0.120. The number of esters is 1. The topological polar surface area (TPSA) is 102 Å². The van der Waals surface area contributed by atoms with Gasteiger partial charge in [-0.2, -0.15) is 4.98 Å². The molecule has 0 aliphatic carbocycles. The Bertz CT molecular complexity index is 1030. The molecule has 0 saturated heterocycles. The maximum atomic E-state index is 11.8. The molecule has 1 aromatic carbocycles. The molecule has 31 heavy (non-hydrogen) atoms. The SMILES string of the molecule is CCOC(=O)CSc1nc(Nc2ccc(OC)cc2)c2cnc(N(CC)CC)nc2n1. The van der Waals surface area contributed by atoms with E-state index in [9.17, 15) is 4.79 Å². The Morgan fingerprint density at radius 2 is 1.84 bits per heavy atom. The zero-order chi connectivity index (χ0) is 22.2. The van der Waals surface area contributed by atoms with Crippen LogP contribution in [0.2, 0.25) is 0 Å². The Hall–Kier alpha value is -3.14. The van der Waals surface area contributed by atoms with Crippen LogP contribution in [0.5, 0.6) is 5.75 Å². The summed E-state index contributed by atoms with van der Waals surface area (Å²) in [4.78, 5) is 32.1. The van der Waals surface area contributed by atoms with Crippen LogP contribution in [0.1, 0.15) is 20.8 Å². The molecule has 10 heteroatoms. The van der Waals surface area contributed by atoms with Crippen LogP contribution < -0.4 is 15.0 Å². The number of aromatic nitrogens is 4. The van der Waals surface area contributed by atoms with Crippen molar-refractivity contribution in [1.82, 2.24) is 19.9 Å². The van der Waals surface area contributed by atoms with Crippen LogP contribution in [-0.2, 0) is 9.53 Å². The first-order valence-electron chi connectivity index (χ1n) is 10.1. The fourth-order valence-corrected chi connectivity index (χ4v) is 3.48. The molecular formula is C21H26N6O3S. The summed E-state index contributed by atoms with van der Waals surface area (Å²) >= 11 is 1.21. The highest BCUT2D eigenvalue weighted by molar-refractivity contribution is 7.99. The summed E-state index contributed by atoms with van der Waals surface area (Å²) in [5.74, 6) is 1.74. The number of carbonyl (C=O) groups excluding carboxylic acids is 1. The van der Waals surface area contributed by atoms with E-state index in [2.05, 4.69) is 25.3 Å². The van der Waals surface area contributed by atoms with Crippen molar-refractivity contribution in [3.8, 4) is 5.75 Å². The lowest BCUT2D eigenvalue weighted by molar-refractivity contribution is -0.139. The average Bonchev–Trinajstić information content (AvgIpc) is 2.79. The molecule has 2 aromatic heterocycles. The van der Waals surface area contributed by atoms with Gasteiger partial charge < -0.3 is 19.7 Å². The second kappa shape index (κ2) is 10.8. The number of methoxy groups -OCH3 is 1. The van der Waals surface area contributed by atoms with E-state index < -0.39 is 0 Å². The van der Waals surface area contributed by atoms with Crippen LogP contribution in [0.4, 0.5) is 17.5 Å². The number of hydrogen-bond donors (Lipinski definition) is 1. The molecule has 0 fully saturated rings. The van der Waals surface area contributed by atoms with Crippen LogP contribution in [0.25, 0.3) is 11.0 Å². The molecule has 0 bridgehead atoms. The summed E-state index contributed by atoms with van der Waals surface area (Å²) in [6.45, 7) is 7.78. The molecule has 0 aliphatic rings. The van der Waals surface area contributed by atoms with Crippen molar-refractivity contribution in [2.75, 3.05) is 42.8 Å². The second-order valence-electron chi connectivity index (χ2n) is 6.38. The third-order valence-electron chi connectivity index (χ3n) is 4.44. The van der Waals surface area contributed by atoms with Crippen LogP contribution in [0.3, 0.4) is 0 Å². The van der Waals surface area contributed by atoms with Crippen molar-refractivity contribution >= 4 is 46.2 Å². The molecule has 0 radical (unpaired) electrons. The largest absolute Gasteiger partial charge is 0.497 e. The number of ether oxygens (including phenoxy) is 2. The lowest BCUT2D eigenvalue weighted by Gasteiger charge is -2.18. The summed E-state index contributed by atoms with van der Waals surface area (Å²) in [6, 6.07) is 7.50. The number of benzene rings is 1. The van der Waals surface area contributed by atoms with E-state index in [0.29, 0.717) is 34.6 Å². The molecule has 0 aliphatic heterocycles. The normalized spacial score (nSPS) is 10.7. The van der Waals surface area contributed by atoms with Gasteiger partial charge in [0.15, 0.2) is 10.8 Å². The summed E-state index contributed by atoms with van der Waals surface area (Å²) in [7, 11) is 1.62. The summed E-state index contributed by atoms with van der Waals surface area (Å²) in [5.41, 5.74) is 1.34. The van der Waals surface area contributed by atoms with Crippen molar-refractivity contribution in [3.05, 3.63) is 30.5 Å². The summed E-state index contributed by atoms with van der Waals surface area (Å²) in [6.07, 6.45) is 1.72. The predicted octanol–water partition coefficient (Wildman–Crippen LogP) is 3.67. The molecule has 2 heterocycles. The van der Waals surface area contributed by atoms with Gasteiger partial charge >= 0.3 is 5.97 Å². The fraction of sp³-hybridized carbons (Fsp3) is 0.381. The molecule has 0 amide bonds. The number of fused-ring (bicyclic) bond motifs is 1. The molecule has 9 nitrogen and oxygen atoms in total. The van der Waals surface area contributed by atoms with Crippen LogP contribution in [0, 0.1) is 0 Å². The lowest BCUT2D eigenvalue weighted by Crippen LogP contribution is -2.24. The van der Waals surface area contributed by atoms with Gasteiger partial charge in [-0.25, -0.2) is 15.0 Å². The number of carbonyl (C=O) groups is 1. The first-order chi connectivity index (χ1) is 15.1. The number of rotatable bonds is 10. The van der Waals surface area contributed by atoms with E-state index >= 15 is 0 Å². The molecule has 164 valence electrons. The van der Waals surface area contributed by atoms with Crippen molar-refractivity contribution < 1.29 is 14.3 Å². The monoisotopic (exact) mass is 442 g/mol. The Labute approximate surface area is 185 Å². The van der Waals surface area contributed by atoms with Gasteiger partial charge in [-0.05, 0) is 45.0 Å². The van der Waals surface area contributed by atoms with Gasteiger partial charge in [-0.15, -0.1) is 0 Å². The maximum absolute atomic E-state index is 11.8. The van der Waals surface area contributed by atoms with E-state index in [1.807, 2.05) is 43.0 Å². The van der Waals surface area contributed by atoms with E-state index in [-0.39, 0.29) is 11.7 Å².